The van der Waals surface area contributed by atoms with Crippen LogP contribution >= 0.6 is 7.82 Å². The number of phosphoric ester groups is 1. The van der Waals surface area contributed by atoms with E-state index in [-0.39, 0.29) is 64.5 Å². The molecule has 1 aliphatic carbocycles. The normalized spacial score (nSPS) is 12.6. The third kappa shape index (κ3) is 6.37. The zero-order valence-electron chi connectivity index (χ0n) is 20.0. The summed E-state index contributed by atoms with van der Waals surface area (Å²) in [6, 6.07) is 8.92. The van der Waals surface area contributed by atoms with Crippen LogP contribution < -0.4 is 83.8 Å². The topological polar surface area (TPSA) is 113 Å². The van der Waals surface area contributed by atoms with Gasteiger partial charge in [-0.05, 0) is 60.6 Å². The number of rotatable bonds is 8. The molecule has 0 saturated carbocycles. The van der Waals surface area contributed by atoms with Crippen LogP contribution in [0.1, 0.15) is 30.9 Å². The van der Waals surface area contributed by atoms with Crippen LogP contribution in [0.15, 0.2) is 41.3 Å². The van der Waals surface area contributed by atoms with Gasteiger partial charge in [0.1, 0.15) is 18.2 Å². The van der Waals surface area contributed by atoms with Crippen molar-refractivity contribution in [1.82, 2.24) is 4.57 Å². The average Bonchev–Trinajstić information content (AvgIpc) is 3.24. The standard InChI is InChI=1S/C23H26NO7P.2Na/c1-3-11-30-20-12-16-5-4-6-18(16)21-22(20)24(14-31-32(26,27)28)13-19(23(21)25)15-7-9-17(29-2)10-8-15;;/h7-10,12-13H,3-6,11,14H2,1-2H3,(H2,26,27,28);;/q;2*+1/p-2. The van der Waals surface area contributed by atoms with E-state index in [9.17, 15) is 19.1 Å². The first-order valence-electron chi connectivity index (χ1n) is 10.5. The zero-order chi connectivity index (χ0) is 22.9. The molecule has 2 aromatic carbocycles. The minimum Gasteiger partial charge on any atom is -0.790 e. The number of pyridine rings is 1. The molecule has 170 valence electrons. The Morgan fingerprint density at radius 1 is 1.12 bits per heavy atom. The number of hydrogen-bond acceptors (Lipinski definition) is 7. The molecule has 1 aliphatic rings. The number of aromatic nitrogens is 1. The summed E-state index contributed by atoms with van der Waals surface area (Å²) < 4.78 is 28.4. The van der Waals surface area contributed by atoms with Crippen molar-refractivity contribution in [3.63, 3.8) is 0 Å². The van der Waals surface area contributed by atoms with Crippen LogP contribution in [-0.4, -0.2) is 18.3 Å². The van der Waals surface area contributed by atoms with Crippen molar-refractivity contribution in [3.05, 3.63) is 57.9 Å². The van der Waals surface area contributed by atoms with Crippen LogP contribution in [0.2, 0.25) is 0 Å². The maximum atomic E-state index is 13.7. The van der Waals surface area contributed by atoms with Crippen molar-refractivity contribution >= 4 is 18.7 Å². The van der Waals surface area contributed by atoms with Gasteiger partial charge in [0, 0.05) is 11.8 Å². The molecule has 11 heteroatoms. The molecule has 8 nitrogen and oxygen atoms in total. The summed E-state index contributed by atoms with van der Waals surface area (Å²) in [6.45, 7) is 1.86. The molecular weight excluding hydrogens is 479 g/mol. The van der Waals surface area contributed by atoms with Gasteiger partial charge in [0.15, 0.2) is 5.43 Å². The molecule has 0 spiro atoms. The monoisotopic (exact) mass is 503 g/mol. The Labute approximate surface area is 242 Å². The number of nitrogens with zero attached hydrogens (tertiary/aromatic N) is 1. The van der Waals surface area contributed by atoms with Crippen LogP contribution in [0.5, 0.6) is 11.5 Å². The van der Waals surface area contributed by atoms with Crippen molar-refractivity contribution in [2.45, 2.75) is 39.3 Å². The van der Waals surface area contributed by atoms with Crippen LogP contribution in [0.25, 0.3) is 22.0 Å². The van der Waals surface area contributed by atoms with Gasteiger partial charge in [-0.15, -0.1) is 0 Å². The van der Waals surface area contributed by atoms with Crippen LogP contribution in [-0.2, 0) is 28.7 Å². The average molecular weight is 503 g/mol. The minimum absolute atomic E-state index is 0. The van der Waals surface area contributed by atoms with E-state index >= 15 is 0 Å². The molecule has 1 heterocycles. The van der Waals surface area contributed by atoms with E-state index in [1.54, 1.807) is 31.4 Å². The molecule has 0 N–H and O–H groups in total. The Hall–Kier alpha value is -0.640. The molecular formula is C23H24NNa2O7P. The van der Waals surface area contributed by atoms with E-state index in [4.69, 9.17) is 9.47 Å². The predicted octanol–water partition coefficient (Wildman–Crippen LogP) is -3.23. The van der Waals surface area contributed by atoms with Crippen molar-refractivity contribution in [2.75, 3.05) is 13.7 Å². The summed E-state index contributed by atoms with van der Waals surface area (Å²) in [6.07, 6.45) is 4.78. The molecule has 4 rings (SSSR count). The molecule has 1 aromatic heterocycles. The third-order valence-electron chi connectivity index (χ3n) is 5.60. The van der Waals surface area contributed by atoms with Gasteiger partial charge in [-0.2, -0.15) is 0 Å². The number of hydrogen-bond donors (Lipinski definition) is 0. The summed E-state index contributed by atoms with van der Waals surface area (Å²) >= 11 is 0. The summed E-state index contributed by atoms with van der Waals surface area (Å²) in [5, 5.41) is 0.481. The Balaban J connectivity index is 0.00000204. The first-order chi connectivity index (χ1) is 15.3. The fraction of sp³-hybridized carbons (Fsp3) is 0.348. The summed E-state index contributed by atoms with van der Waals surface area (Å²) in [7, 11) is -3.67. The van der Waals surface area contributed by atoms with Crippen LogP contribution in [0.4, 0.5) is 0 Å². The Morgan fingerprint density at radius 3 is 2.44 bits per heavy atom. The van der Waals surface area contributed by atoms with E-state index in [1.807, 2.05) is 13.0 Å². The summed E-state index contributed by atoms with van der Waals surface area (Å²) in [5.41, 5.74) is 3.27. The minimum atomic E-state index is -5.23. The van der Waals surface area contributed by atoms with Gasteiger partial charge in [-0.1, -0.05) is 19.1 Å². The van der Waals surface area contributed by atoms with Crippen molar-refractivity contribution in [1.29, 1.82) is 0 Å². The molecule has 0 radical (unpaired) electrons. The molecule has 3 aromatic rings. The maximum absolute atomic E-state index is 13.7. The molecule has 0 fully saturated rings. The van der Waals surface area contributed by atoms with Gasteiger partial charge < -0.3 is 32.9 Å². The van der Waals surface area contributed by atoms with Gasteiger partial charge in [0.05, 0.1) is 32.4 Å². The molecule has 0 bridgehead atoms. The van der Waals surface area contributed by atoms with E-state index in [0.29, 0.717) is 40.1 Å². The van der Waals surface area contributed by atoms with E-state index in [0.717, 1.165) is 36.8 Å². The summed E-state index contributed by atoms with van der Waals surface area (Å²) in [4.78, 5) is 36.1. The van der Waals surface area contributed by atoms with E-state index < -0.39 is 14.6 Å². The summed E-state index contributed by atoms with van der Waals surface area (Å²) in [5.74, 6) is 1.13. The zero-order valence-corrected chi connectivity index (χ0v) is 24.9. The molecule has 0 saturated heterocycles. The first kappa shape index (κ1) is 29.6. The van der Waals surface area contributed by atoms with Gasteiger partial charge >= 0.3 is 59.1 Å². The molecule has 34 heavy (non-hydrogen) atoms. The second kappa shape index (κ2) is 12.5. The van der Waals surface area contributed by atoms with Crippen molar-refractivity contribution < 1.29 is 87.5 Å². The largest absolute Gasteiger partial charge is 1.00 e. The first-order valence-corrected chi connectivity index (χ1v) is 11.9. The molecule has 0 aliphatic heterocycles. The van der Waals surface area contributed by atoms with Crippen LogP contribution in [0.3, 0.4) is 0 Å². The molecule has 0 atom stereocenters. The third-order valence-corrected chi connectivity index (χ3v) is 6.03. The number of ether oxygens (including phenoxy) is 2. The Bertz CT molecular complexity index is 1260. The second-order valence-corrected chi connectivity index (χ2v) is 8.87. The number of aryl methyl sites for hydroxylation is 2. The second-order valence-electron chi connectivity index (χ2n) is 7.71. The fourth-order valence-corrected chi connectivity index (χ4v) is 4.45. The Morgan fingerprint density at radius 2 is 1.82 bits per heavy atom. The van der Waals surface area contributed by atoms with Gasteiger partial charge in [-0.3, -0.25) is 4.79 Å². The number of fused-ring (bicyclic) bond motifs is 3. The Kier molecular flexibility index (Phi) is 10.9. The van der Waals surface area contributed by atoms with Crippen molar-refractivity contribution in [3.8, 4) is 22.6 Å². The predicted molar refractivity (Wildman–Crippen MR) is 117 cm³/mol. The number of phosphoric acid groups is 1. The SMILES string of the molecule is CCCOc1cc2c(c3c(=O)c(-c4ccc(OC)cc4)cn(COP(=O)([O-])[O-])c13)CCC2.[Na+].[Na+]. The smallest absolute Gasteiger partial charge is 0.790 e. The van der Waals surface area contributed by atoms with Crippen LogP contribution in [0, 0.1) is 0 Å². The van der Waals surface area contributed by atoms with E-state index in [2.05, 4.69) is 4.52 Å². The quantitative estimate of drug-likeness (QED) is 0.235. The molecule has 0 amide bonds. The van der Waals surface area contributed by atoms with Gasteiger partial charge in [0.25, 0.3) is 0 Å². The number of benzene rings is 2. The van der Waals surface area contributed by atoms with Gasteiger partial charge in [-0.25, -0.2) is 0 Å². The molecule has 0 unspecified atom stereocenters. The van der Waals surface area contributed by atoms with Crippen molar-refractivity contribution in [2.24, 2.45) is 0 Å². The van der Waals surface area contributed by atoms with Gasteiger partial charge in [0.2, 0.25) is 0 Å². The number of methoxy groups -OCH3 is 1. The maximum Gasteiger partial charge on any atom is 1.00 e. The van der Waals surface area contributed by atoms with E-state index in [1.165, 1.54) is 10.8 Å². The fourth-order valence-electron chi connectivity index (χ4n) is 4.18.